The number of nitrogens with zero attached hydrogens (tertiary/aromatic N) is 1. The number of carbonyl (C=O) groups is 1. The molecule has 0 saturated carbocycles. The number of aliphatic hydroxyl groups excluding tert-OH is 1. The van der Waals surface area contributed by atoms with Gasteiger partial charge in [-0.2, -0.15) is 0 Å². The van der Waals surface area contributed by atoms with E-state index in [0.29, 0.717) is 12.3 Å². The maximum atomic E-state index is 12.0. The molecule has 0 aliphatic heterocycles. The molecule has 5 heteroatoms. The SMILES string of the molecule is Cc1ccc(CNC(=O)C(C)Oc2cccc(CO)c2)cn1. The Kier molecular flexibility index (Phi) is 5.49. The standard InChI is InChI=1S/C17H20N2O3/c1-12-6-7-15(9-18-12)10-19-17(21)13(2)22-16-5-3-4-14(8-16)11-20/h3-9,13,20H,10-11H2,1-2H3,(H,19,21). The number of hydrogen-bond acceptors (Lipinski definition) is 4. The highest BCUT2D eigenvalue weighted by Gasteiger charge is 2.14. The van der Waals surface area contributed by atoms with Gasteiger partial charge < -0.3 is 15.2 Å². The van der Waals surface area contributed by atoms with Crippen LogP contribution in [0.1, 0.15) is 23.7 Å². The summed E-state index contributed by atoms with van der Waals surface area (Å²) in [6, 6.07) is 10.9. The maximum absolute atomic E-state index is 12.0. The zero-order valence-corrected chi connectivity index (χ0v) is 12.7. The van der Waals surface area contributed by atoms with E-state index in [1.54, 1.807) is 37.4 Å². The van der Waals surface area contributed by atoms with Gasteiger partial charge in [0, 0.05) is 18.4 Å². The molecular weight excluding hydrogens is 280 g/mol. The molecule has 0 saturated heterocycles. The van der Waals surface area contributed by atoms with E-state index in [9.17, 15) is 4.79 Å². The van der Waals surface area contributed by atoms with Crippen LogP contribution >= 0.6 is 0 Å². The lowest BCUT2D eigenvalue weighted by molar-refractivity contribution is -0.127. The third-order valence-electron chi connectivity index (χ3n) is 3.20. The zero-order valence-electron chi connectivity index (χ0n) is 12.7. The number of amides is 1. The van der Waals surface area contributed by atoms with Crippen LogP contribution in [0.4, 0.5) is 0 Å². The lowest BCUT2D eigenvalue weighted by Gasteiger charge is -2.15. The largest absolute Gasteiger partial charge is 0.481 e. The van der Waals surface area contributed by atoms with Gasteiger partial charge in [0.2, 0.25) is 0 Å². The molecule has 2 rings (SSSR count). The topological polar surface area (TPSA) is 71.5 Å². The summed E-state index contributed by atoms with van der Waals surface area (Å²) in [5.74, 6) is 0.362. The van der Waals surface area contributed by atoms with Crippen LogP contribution in [0.2, 0.25) is 0 Å². The summed E-state index contributed by atoms with van der Waals surface area (Å²) in [4.78, 5) is 16.2. The molecule has 1 amide bonds. The molecule has 0 spiro atoms. The minimum absolute atomic E-state index is 0.0573. The Morgan fingerprint density at radius 3 is 2.82 bits per heavy atom. The lowest BCUT2D eigenvalue weighted by atomic mass is 10.2. The Morgan fingerprint density at radius 2 is 2.14 bits per heavy atom. The summed E-state index contributed by atoms with van der Waals surface area (Å²) in [5.41, 5.74) is 2.62. The van der Waals surface area contributed by atoms with Gasteiger partial charge in [0.1, 0.15) is 5.75 Å². The van der Waals surface area contributed by atoms with Gasteiger partial charge in [0.15, 0.2) is 6.10 Å². The Morgan fingerprint density at radius 1 is 1.32 bits per heavy atom. The van der Waals surface area contributed by atoms with Crippen LogP contribution in [0.15, 0.2) is 42.6 Å². The number of aliphatic hydroxyl groups is 1. The van der Waals surface area contributed by atoms with E-state index >= 15 is 0 Å². The van der Waals surface area contributed by atoms with Crippen molar-refractivity contribution in [3.63, 3.8) is 0 Å². The van der Waals surface area contributed by atoms with E-state index in [0.717, 1.165) is 16.8 Å². The quantitative estimate of drug-likeness (QED) is 0.855. The van der Waals surface area contributed by atoms with Crippen LogP contribution in [-0.4, -0.2) is 22.1 Å². The highest BCUT2D eigenvalue weighted by atomic mass is 16.5. The molecule has 1 atom stereocenters. The summed E-state index contributed by atoms with van der Waals surface area (Å²) in [5, 5.41) is 11.9. The molecule has 0 aliphatic carbocycles. The molecule has 1 aromatic carbocycles. The molecule has 5 nitrogen and oxygen atoms in total. The molecule has 1 unspecified atom stereocenters. The van der Waals surface area contributed by atoms with E-state index in [1.165, 1.54) is 0 Å². The fourth-order valence-corrected chi connectivity index (χ4v) is 1.91. The summed E-state index contributed by atoms with van der Waals surface area (Å²) in [7, 11) is 0. The second-order valence-electron chi connectivity index (χ2n) is 5.09. The van der Waals surface area contributed by atoms with Crippen molar-refractivity contribution in [2.45, 2.75) is 33.1 Å². The van der Waals surface area contributed by atoms with Crippen molar-refractivity contribution < 1.29 is 14.6 Å². The zero-order chi connectivity index (χ0) is 15.9. The molecule has 2 N–H and O–H groups in total. The van der Waals surface area contributed by atoms with E-state index in [-0.39, 0.29) is 12.5 Å². The Balaban J connectivity index is 1.87. The molecular formula is C17H20N2O3. The summed E-state index contributed by atoms with van der Waals surface area (Å²) in [6.07, 6.45) is 1.12. The summed E-state index contributed by atoms with van der Waals surface area (Å²) < 4.78 is 5.59. The highest BCUT2D eigenvalue weighted by Crippen LogP contribution is 2.15. The van der Waals surface area contributed by atoms with Crippen molar-refractivity contribution in [1.82, 2.24) is 10.3 Å². The smallest absolute Gasteiger partial charge is 0.261 e. The predicted octanol–water partition coefficient (Wildman–Crippen LogP) is 1.97. The van der Waals surface area contributed by atoms with Crippen molar-refractivity contribution >= 4 is 5.91 Å². The first-order valence-electron chi connectivity index (χ1n) is 7.14. The number of nitrogens with one attached hydrogen (secondary N) is 1. The summed E-state index contributed by atoms with van der Waals surface area (Å²) in [6.45, 7) is 3.96. The average molecular weight is 300 g/mol. The van der Waals surface area contributed by atoms with E-state index in [4.69, 9.17) is 9.84 Å². The van der Waals surface area contributed by atoms with Crippen molar-refractivity contribution in [3.05, 3.63) is 59.4 Å². The van der Waals surface area contributed by atoms with Gasteiger partial charge in [-0.3, -0.25) is 9.78 Å². The number of benzene rings is 1. The van der Waals surface area contributed by atoms with Gasteiger partial charge in [-0.25, -0.2) is 0 Å². The maximum Gasteiger partial charge on any atom is 0.261 e. The fraction of sp³-hybridized carbons (Fsp3) is 0.294. The highest BCUT2D eigenvalue weighted by molar-refractivity contribution is 5.80. The number of hydrogen-bond donors (Lipinski definition) is 2. The first-order valence-corrected chi connectivity index (χ1v) is 7.14. The third kappa shape index (κ3) is 4.56. The first kappa shape index (κ1) is 16.0. The van der Waals surface area contributed by atoms with Gasteiger partial charge in [-0.15, -0.1) is 0 Å². The number of ether oxygens (including phenoxy) is 1. The molecule has 116 valence electrons. The second kappa shape index (κ2) is 7.56. The Labute approximate surface area is 130 Å². The minimum atomic E-state index is -0.618. The van der Waals surface area contributed by atoms with Crippen molar-refractivity contribution in [1.29, 1.82) is 0 Å². The van der Waals surface area contributed by atoms with Crippen molar-refractivity contribution in [2.75, 3.05) is 0 Å². The van der Waals surface area contributed by atoms with Gasteiger partial charge in [0.25, 0.3) is 5.91 Å². The molecule has 1 aromatic heterocycles. The number of rotatable bonds is 6. The predicted molar refractivity (Wildman–Crippen MR) is 83.3 cm³/mol. The fourth-order valence-electron chi connectivity index (χ4n) is 1.91. The van der Waals surface area contributed by atoms with Gasteiger partial charge in [-0.05, 0) is 43.2 Å². The number of aryl methyl sites for hydroxylation is 1. The van der Waals surface area contributed by atoms with Crippen LogP contribution < -0.4 is 10.1 Å². The molecule has 0 radical (unpaired) electrons. The molecule has 22 heavy (non-hydrogen) atoms. The molecule has 0 fully saturated rings. The van der Waals surface area contributed by atoms with Crippen molar-refractivity contribution in [3.8, 4) is 5.75 Å². The lowest BCUT2D eigenvalue weighted by Crippen LogP contribution is -2.35. The Bertz CT molecular complexity index is 626. The van der Waals surface area contributed by atoms with Gasteiger partial charge in [-0.1, -0.05) is 18.2 Å². The minimum Gasteiger partial charge on any atom is -0.481 e. The van der Waals surface area contributed by atoms with E-state index in [2.05, 4.69) is 10.3 Å². The van der Waals surface area contributed by atoms with Gasteiger partial charge in [0.05, 0.1) is 6.61 Å². The Hall–Kier alpha value is -2.40. The number of carbonyl (C=O) groups excluding carboxylic acids is 1. The van der Waals surface area contributed by atoms with Crippen LogP contribution in [-0.2, 0) is 17.9 Å². The van der Waals surface area contributed by atoms with Crippen LogP contribution in [0.25, 0.3) is 0 Å². The van der Waals surface area contributed by atoms with Crippen LogP contribution in [0, 0.1) is 6.92 Å². The first-order chi connectivity index (χ1) is 10.6. The molecule has 0 aliphatic rings. The monoisotopic (exact) mass is 300 g/mol. The van der Waals surface area contributed by atoms with E-state index < -0.39 is 6.10 Å². The molecule has 2 aromatic rings. The molecule has 1 heterocycles. The number of pyridine rings is 1. The molecule has 0 bridgehead atoms. The van der Waals surface area contributed by atoms with Gasteiger partial charge >= 0.3 is 0 Å². The normalized spacial score (nSPS) is 11.8. The third-order valence-corrected chi connectivity index (χ3v) is 3.20. The number of aromatic nitrogens is 1. The van der Waals surface area contributed by atoms with Crippen LogP contribution in [0.5, 0.6) is 5.75 Å². The average Bonchev–Trinajstić information content (AvgIpc) is 2.54. The summed E-state index contributed by atoms with van der Waals surface area (Å²) >= 11 is 0. The second-order valence-corrected chi connectivity index (χ2v) is 5.09. The van der Waals surface area contributed by atoms with E-state index in [1.807, 2.05) is 19.1 Å². The van der Waals surface area contributed by atoms with Crippen LogP contribution in [0.3, 0.4) is 0 Å². The van der Waals surface area contributed by atoms with Crippen molar-refractivity contribution in [2.24, 2.45) is 0 Å².